The van der Waals surface area contributed by atoms with Gasteiger partial charge in [0.15, 0.2) is 0 Å². The number of carboxylic acids is 1. The lowest BCUT2D eigenvalue weighted by Gasteiger charge is -2.23. The Balaban J connectivity index is 1.70. The fourth-order valence-corrected chi connectivity index (χ4v) is 2.58. The highest BCUT2D eigenvalue weighted by Crippen LogP contribution is 2.37. The van der Waals surface area contributed by atoms with Gasteiger partial charge in [-0.15, -0.1) is 0 Å². The molecule has 1 aliphatic carbocycles. The normalized spacial score (nSPS) is 16.8. The summed E-state index contributed by atoms with van der Waals surface area (Å²) in [6.07, 6.45) is 5.29. The van der Waals surface area contributed by atoms with E-state index in [1.807, 2.05) is 6.07 Å². The van der Waals surface area contributed by atoms with E-state index in [-0.39, 0.29) is 12.6 Å². The minimum Gasteiger partial charge on any atom is -0.481 e. The summed E-state index contributed by atoms with van der Waals surface area (Å²) in [4.78, 5) is 23.0. The summed E-state index contributed by atoms with van der Waals surface area (Å²) in [5.74, 6) is -0.00557. The summed E-state index contributed by atoms with van der Waals surface area (Å²) in [5, 5.41) is 14.7. The van der Waals surface area contributed by atoms with Crippen molar-refractivity contribution >= 4 is 12.0 Å². The van der Waals surface area contributed by atoms with E-state index in [0.717, 1.165) is 18.6 Å². The van der Waals surface area contributed by atoms with Crippen LogP contribution in [0.1, 0.15) is 31.4 Å². The third kappa shape index (κ3) is 3.53. The fraction of sp³-hybridized carbons (Fsp3) is 0.571. The minimum atomic E-state index is -0.814. The SMILES string of the molecule is O=C(NCCc1ccco1)NCC1(C(=O)O)CCCC1. The number of nitrogens with one attached hydrogen (secondary N) is 2. The molecular formula is C14H20N2O4. The second kappa shape index (κ2) is 6.45. The molecule has 1 heterocycles. The largest absolute Gasteiger partial charge is 0.481 e. The number of carbonyl (C=O) groups excluding carboxylic acids is 1. The van der Waals surface area contributed by atoms with E-state index in [1.54, 1.807) is 12.3 Å². The van der Waals surface area contributed by atoms with Crippen LogP contribution in [-0.4, -0.2) is 30.2 Å². The molecule has 6 heteroatoms. The van der Waals surface area contributed by atoms with Gasteiger partial charge in [-0.2, -0.15) is 0 Å². The van der Waals surface area contributed by atoms with Crippen molar-refractivity contribution in [3.05, 3.63) is 24.2 Å². The molecule has 0 aliphatic heterocycles. The van der Waals surface area contributed by atoms with Gasteiger partial charge in [-0.25, -0.2) is 4.79 Å². The smallest absolute Gasteiger partial charge is 0.314 e. The average molecular weight is 280 g/mol. The molecule has 0 atom stereocenters. The molecule has 1 fully saturated rings. The van der Waals surface area contributed by atoms with Crippen LogP contribution in [0.25, 0.3) is 0 Å². The van der Waals surface area contributed by atoms with Crippen LogP contribution in [0.15, 0.2) is 22.8 Å². The van der Waals surface area contributed by atoms with Gasteiger partial charge in [0, 0.05) is 19.5 Å². The first-order valence-corrected chi connectivity index (χ1v) is 6.90. The summed E-state index contributed by atoms with van der Waals surface area (Å²) < 4.78 is 5.15. The van der Waals surface area contributed by atoms with Gasteiger partial charge >= 0.3 is 12.0 Å². The van der Waals surface area contributed by atoms with Crippen molar-refractivity contribution in [1.82, 2.24) is 10.6 Å². The number of amides is 2. The first-order chi connectivity index (χ1) is 9.62. The second-order valence-electron chi connectivity index (χ2n) is 5.23. The summed E-state index contributed by atoms with van der Waals surface area (Å²) in [6.45, 7) is 0.647. The molecule has 0 saturated heterocycles. The zero-order chi connectivity index (χ0) is 14.4. The van der Waals surface area contributed by atoms with Crippen LogP contribution < -0.4 is 10.6 Å². The first-order valence-electron chi connectivity index (χ1n) is 6.90. The van der Waals surface area contributed by atoms with Crippen molar-refractivity contribution in [3.63, 3.8) is 0 Å². The highest BCUT2D eigenvalue weighted by molar-refractivity contribution is 5.78. The highest BCUT2D eigenvalue weighted by Gasteiger charge is 2.41. The molecule has 2 amide bonds. The highest BCUT2D eigenvalue weighted by atomic mass is 16.4. The Morgan fingerprint density at radius 1 is 1.30 bits per heavy atom. The number of aliphatic carboxylic acids is 1. The van der Waals surface area contributed by atoms with Crippen LogP contribution in [0.2, 0.25) is 0 Å². The lowest BCUT2D eigenvalue weighted by molar-refractivity contribution is -0.148. The molecule has 2 rings (SSSR count). The maximum absolute atomic E-state index is 11.6. The van der Waals surface area contributed by atoms with Crippen LogP contribution >= 0.6 is 0 Å². The number of furan rings is 1. The molecular weight excluding hydrogens is 260 g/mol. The number of hydrogen-bond acceptors (Lipinski definition) is 3. The Morgan fingerprint density at radius 2 is 2.05 bits per heavy atom. The lowest BCUT2D eigenvalue weighted by atomic mass is 9.86. The second-order valence-corrected chi connectivity index (χ2v) is 5.23. The molecule has 0 radical (unpaired) electrons. The first kappa shape index (κ1) is 14.4. The van der Waals surface area contributed by atoms with Crippen molar-refractivity contribution in [1.29, 1.82) is 0 Å². The van der Waals surface area contributed by atoms with Crippen molar-refractivity contribution in [2.24, 2.45) is 5.41 Å². The monoisotopic (exact) mass is 280 g/mol. The molecule has 20 heavy (non-hydrogen) atoms. The Hall–Kier alpha value is -1.98. The molecule has 1 aromatic heterocycles. The van der Waals surface area contributed by atoms with Gasteiger partial charge in [0.2, 0.25) is 0 Å². The molecule has 1 saturated carbocycles. The van der Waals surface area contributed by atoms with Gasteiger partial charge in [-0.1, -0.05) is 12.8 Å². The number of carbonyl (C=O) groups is 2. The summed E-state index contributed by atoms with van der Waals surface area (Å²) in [7, 11) is 0. The third-order valence-corrected chi connectivity index (χ3v) is 3.84. The average Bonchev–Trinajstić information content (AvgIpc) is 3.08. The minimum absolute atomic E-state index is 0.189. The van der Waals surface area contributed by atoms with Gasteiger partial charge in [0.05, 0.1) is 11.7 Å². The van der Waals surface area contributed by atoms with Crippen molar-refractivity contribution in [3.8, 4) is 0 Å². The van der Waals surface area contributed by atoms with Gasteiger partial charge in [0.1, 0.15) is 5.76 Å². The van der Waals surface area contributed by atoms with E-state index >= 15 is 0 Å². The van der Waals surface area contributed by atoms with Gasteiger partial charge in [-0.05, 0) is 25.0 Å². The van der Waals surface area contributed by atoms with Crippen LogP contribution in [0.5, 0.6) is 0 Å². The van der Waals surface area contributed by atoms with E-state index in [9.17, 15) is 14.7 Å². The van der Waals surface area contributed by atoms with E-state index in [0.29, 0.717) is 25.8 Å². The van der Waals surface area contributed by atoms with E-state index in [1.165, 1.54) is 0 Å². The summed E-state index contributed by atoms with van der Waals surface area (Å²) >= 11 is 0. The zero-order valence-electron chi connectivity index (χ0n) is 11.4. The number of hydrogen-bond donors (Lipinski definition) is 3. The molecule has 0 aromatic carbocycles. The van der Waals surface area contributed by atoms with E-state index in [4.69, 9.17) is 4.42 Å². The molecule has 1 aromatic rings. The van der Waals surface area contributed by atoms with Crippen LogP contribution in [0, 0.1) is 5.41 Å². The molecule has 110 valence electrons. The Morgan fingerprint density at radius 3 is 2.65 bits per heavy atom. The van der Waals surface area contributed by atoms with E-state index < -0.39 is 11.4 Å². The standard InChI is InChI=1S/C14H20N2O4/c17-12(18)14(6-1-2-7-14)10-16-13(19)15-8-5-11-4-3-9-20-11/h3-4,9H,1-2,5-8,10H2,(H,17,18)(H2,15,16,19). The number of carboxylic acid groups (broad SMARTS) is 1. The molecule has 0 bridgehead atoms. The quantitative estimate of drug-likeness (QED) is 0.740. The van der Waals surface area contributed by atoms with Crippen LogP contribution in [-0.2, 0) is 11.2 Å². The summed E-state index contributed by atoms with van der Waals surface area (Å²) in [6, 6.07) is 3.31. The third-order valence-electron chi connectivity index (χ3n) is 3.84. The maximum atomic E-state index is 11.6. The Kier molecular flexibility index (Phi) is 4.65. The fourth-order valence-electron chi connectivity index (χ4n) is 2.58. The molecule has 6 nitrogen and oxygen atoms in total. The van der Waals surface area contributed by atoms with Crippen molar-refractivity contribution in [2.45, 2.75) is 32.1 Å². The van der Waals surface area contributed by atoms with Crippen LogP contribution in [0.4, 0.5) is 4.79 Å². The summed E-state index contributed by atoms with van der Waals surface area (Å²) in [5.41, 5.74) is -0.779. The van der Waals surface area contributed by atoms with Crippen molar-refractivity contribution in [2.75, 3.05) is 13.1 Å². The Labute approximate surface area is 117 Å². The van der Waals surface area contributed by atoms with Gasteiger partial charge < -0.3 is 20.2 Å². The number of rotatable bonds is 6. The molecule has 1 aliphatic rings. The predicted molar refractivity (Wildman–Crippen MR) is 72.4 cm³/mol. The van der Waals surface area contributed by atoms with Crippen LogP contribution in [0.3, 0.4) is 0 Å². The molecule has 0 spiro atoms. The number of urea groups is 1. The predicted octanol–water partition coefficient (Wildman–Crippen LogP) is 1.77. The Bertz CT molecular complexity index is 450. The maximum Gasteiger partial charge on any atom is 0.314 e. The topological polar surface area (TPSA) is 91.6 Å². The van der Waals surface area contributed by atoms with Gasteiger partial charge in [-0.3, -0.25) is 4.79 Å². The zero-order valence-corrected chi connectivity index (χ0v) is 11.4. The molecule has 3 N–H and O–H groups in total. The van der Waals surface area contributed by atoms with E-state index in [2.05, 4.69) is 10.6 Å². The molecule has 0 unspecified atom stereocenters. The lowest BCUT2D eigenvalue weighted by Crippen LogP contribution is -2.45. The van der Waals surface area contributed by atoms with Gasteiger partial charge in [0.25, 0.3) is 0 Å². The van der Waals surface area contributed by atoms with Crippen molar-refractivity contribution < 1.29 is 19.1 Å².